The number of methoxy groups -OCH3 is 2. The second-order valence-corrected chi connectivity index (χ2v) is 10.9. The fraction of sp³-hybridized carbons (Fsp3) is 0.353. The molecule has 3 aromatic heterocycles. The smallest absolute Gasteiger partial charge is 0.327 e. The van der Waals surface area contributed by atoms with Crippen LogP contribution >= 0.6 is 0 Å². The minimum absolute atomic E-state index is 0.0647. The van der Waals surface area contributed by atoms with Crippen molar-refractivity contribution in [2.24, 2.45) is 0 Å². The number of rotatable bonds is 14. The predicted octanol–water partition coefficient (Wildman–Crippen LogP) is 5.40. The summed E-state index contributed by atoms with van der Waals surface area (Å²) in [7, 11) is 3.32. The van der Waals surface area contributed by atoms with Gasteiger partial charge in [-0.1, -0.05) is 31.9 Å². The highest BCUT2D eigenvalue weighted by molar-refractivity contribution is 5.91. The summed E-state index contributed by atoms with van der Waals surface area (Å²) in [6, 6.07) is 15.6. The minimum atomic E-state index is -0.256. The Morgan fingerprint density at radius 3 is 2.63 bits per heavy atom. The lowest BCUT2D eigenvalue weighted by molar-refractivity contribution is -0.574. The number of unbranched alkanes of at least 4 members (excludes halogenated alkanes) is 2. The van der Waals surface area contributed by atoms with Gasteiger partial charge in [0, 0.05) is 35.5 Å². The van der Waals surface area contributed by atoms with Crippen molar-refractivity contribution in [2.75, 3.05) is 14.2 Å². The van der Waals surface area contributed by atoms with E-state index in [4.69, 9.17) is 9.47 Å². The van der Waals surface area contributed by atoms with Crippen LogP contribution in [0.4, 0.5) is 0 Å². The van der Waals surface area contributed by atoms with Crippen LogP contribution in [0.2, 0.25) is 0 Å². The standard InChI is InChI=1S/C34H39N5O4/c1-5-23(40)11-7-6-8-13-29(37-33(41)20-26-22(2)36-28-16-15-24(42-3)19-27(26)28)34-35-21-32(38-34)39-18-17-31(43-4)25-12-9-10-14-30(25)39/h9-10,12,14-19,21,29,36H,5-8,11,13,20H2,1-4H3,(H-,35,37,38,41)/p+2/t29-/m0/s1. The highest BCUT2D eigenvalue weighted by atomic mass is 16.5. The lowest BCUT2D eigenvalue weighted by Gasteiger charge is -2.14. The van der Waals surface area contributed by atoms with E-state index in [0.29, 0.717) is 18.6 Å². The number of Topliss-reactive ketones (excluding diaryl/α,β-unsaturated/α-hetero) is 1. The number of H-pyrrole nitrogens is 3. The minimum Gasteiger partial charge on any atom is -0.497 e. The Balaban J connectivity index is 1.38. The maximum absolute atomic E-state index is 13.5. The van der Waals surface area contributed by atoms with Crippen molar-refractivity contribution in [3.63, 3.8) is 0 Å². The molecule has 0 radical (unpaired) electrons. The van der Waals surface area contributed by atoms with E-state index in [1.807, 2.05) is 74.8 Å². The number of nitrogens with one attached hydrogen (secondary N) is 4. The zero-order valence-electron chi connectivity index (χ0n) is 25.4. The molecule has 2 aromatic carbocycles. The summed E-state index contributed by atoms with van der Waals surface area (Å²) in [4.78, 5) is 35.6. The number of carbonyl (C=O) groups is 2. The molecule has 0 spiro atoms. The Kier molecular flexibility index (Phi) is 9.39. The van der Waals surface area contributed by atoms with E-state index in [1.165, 1.54) is 0 Å². The number of aromatic amines is 3. The lowest BCUT2D eigenvalue weighted by atomic mass is 10.0. The normalized spacial score (nSPS) is 12.0. The molecule has 0 bridgehead atoms. The van der Waals surface area contributed by atoms with Crippen LogP contribution < -0.4 is 24.3 Å². The van der Waals surface area contributed by atoms with E-state index in [2.05, 4.69) is 24.8 Å². The van der Waals surface area contributed by atoms with E-state index in [-0.39, 0.29) is 18.4 Å². The summed E-state index contributed by atoms with van der Waals surface area (Å²) >= 11 is 0. The van der Waals surface area contributed by atoms with Gasteiger partial charge in [-0.05, 0) is 55.7 Å². The van der Waals surface area contributed by atoms with Crippen LogP contribution in [0.15, 0.2) is 60.9 Å². The number of hydrogen-bond donors (Lipinski definition) is 3. The van der Waals surface area contributed by atoms with Gasteiger partial charge in [-0.25, -0.2) is 9.97 Å². The largest absolute Gasteiger partial charge is 0.497 e. The van der Waals surface area contributed by atoms with Crippen LogP contribution in [0, 0.1) is 6.92 Å². The molecule has 43 heavy (non-hydrogen) atoms. The second kappa shape index (κ2) is 13.5. The maximum Gasteiger partial charge on any atom is 0.327 e. The third-order valence-electron chi connectivity index (χ3n) is 8.10. The number of para-hydroxylation sites is 1. The van der Waals surface area contributed by atoms with Gasteiger partial charge in [-0.3, -0.25) is 9.59 Å². The van der Waals surface area contributed by atoms with Crippen molar-refractivity contribution in [1.82, 2.24) is 15.3 Å². The zero-order valence-corrected chi connectivity index (χ0v) is 25.4. The molecule has 3 heterocycles. The number of carbonyl (C=O) groups excluding carboxylic acids is 2. The lowest BCUT2D eigenvalue weighted by Crippen LogP contribution is -2.33. The molecule has 0 unspecified atom stereocenters. The molecule has 0 aliphatic heterocycles. The molecule has 5 aromatic rings. The maximum atomic E-state index is 13.5. The highest BCUT2D eigenvalue weighted by Gasteiger charge is 2.26. The molecular weight excluding hydrogens is 542 g/mol. The van der Waals surface area contributed by atoms with Crippen molar-refractivity contribution in [3.05, 3.63) is 78.0 Å². The van der Waals surface area contributed by atoms with Crippen LogP contribution in [0.1, 0.15) is 68.6 Å². The van der Waals surface area contributed by atoms with Crippen molar-refractivity contribution < 1.29 is 28.6 Å². The van der Waals surface area contributed by atoms with E-state index >= 15 is 0 Å². The zero-order chi connectivity index (χ0) is 30.3. The van der Waals surface area contributed by atoms with Gasteiger partial charge in [-0.15, -0.1) is 0 Å². The average molecular weight is 584 g/mol. The third-order valence-corrected chi connectivity index (χ3v) is 8.10. The topological polar surface area (TPSA) is 114 Å². The molecule has 0 fully saturated rings. The van der Waals surface area contributed by atoms with Crippen molar-refractivity contribution >= 4 is 33.5 Å². The molecule has 0 aliphatic carbocycles. The van der Waals surface area contributed by atoms with E-state index < -0.39 is 0 Å². The number of pyridine rings is 1. The molecule has 224 valence electrons. The van der Waals surface area contributed by atoms with E-state index in [1.54, 1.807) is 14.2 Å². The number of aromatic nitrogens is 4. The number of nitrogens with zero attached hydrogens (tertiary/aromatic N) is 1. The fourth-order valence-electron chi connectivity index (χ4n) is 5.70. The van der Waals surface area contributed by atoms with Gasteiger partial charge in [0.1, 0.15) is 35.0 Å². The van der Waals surface area contributed by atoms with Gasteiger partial charge in [-0.2, -0.15) is 4.57 Å². The molecule has 5 rings (SSSR count). The van der Waals surface area contributed by atoms with Gasteiger partial charge in [0.05, 0.1) is 26.0 Å². The number of imidazole rings is 1. The summed E-state index contributed by atoms with van der Waals surface area (Å²) in [5.74, 6) is 3.45. The number of ketones is 1. The molecule has 9 nitrogen and oxygen atoms in total. The van der Waals surface area contributed by atoms with Crippen LogP contribution in [-0.2, 0) is 16.0 Å². The SMILES string of the molecule is CCC(=O)CCCCC[C@H](NC(=O)Cc1c(C)[nH]c2ccc(OC)cc12)c1[nH]c(-[n+]2ccc(OC)c3ccccc32)c[nH+]1. The van der Waals surface area contributed by atoms with E-state index in [0.717, 1.165) is 81.9 Å². The Bertz CT molecular complexity index is 1740. The number of benzene rings is 2. The average Bonchev–Trinajstić information content (AvgIpc) is 3.63. The molecule has 4 N–H and O–H groups in total. The van der Waals surface area contributed by atoms with Gasteiger partial charge in [0.15, 0.2) is 6.20 Å². The van der Waals surface area contributed by atoms with E-state index in [9.17, 15) is 9.59 Å². The first-order valence-electron chi connectivity index (χ1n) is 15.0. The van der Waals surface area contributed by atoms with Gasteiger partial charge in [0.25, 0.3) is 5.82 Å². The summed E-state index contributed by atoms with van der Waals surface area (Å²) in [5.41, 5.74) is 3.90. The summed E-state index contributed by atoms with van der Waals surface area (Å²) in [5, 5.41) is 5.27. The summed E-state index contributed by atoms with van der Waals surface area (Å²) in [6.07, 6.45) is 8.71. The molecule has 1 amide bonds. The van der Waals surface area contributed by atoms with Crippen LogP contribution in [0.3, 0.4) is 0 Å². The summed E-state index contributed by atoms with van der Waals surface area (Å²) in [6.45, 7) is 3.90. The van der Waals surface area contributed by atoms with Crippen LogP contribution in [0.5, 0.6) is 11.5 Å². The number of aryl methyl sites for hydroxylation is 1. The molecule has 0 saturated heterocycles. The molecular formula is C34H41N5O4+2. The van der Waals surface area contributed by atoms with Crippen molar-refractivity contribution in [3.8, 4) is 17.3 Å². The first-order chi connectivity index (χ1) is 20.9. The van der Waals surface area contributed by atoms with Crippen molar-refractivity contribution in [1.29, 1.82) is 0 Å². The first-order valence-corrected chi connectivity index (χ1v) is 15.0. The molecule has 0 saturated carbocycles. The highest BCUT2D eigenvalue weighted by Crippen LogP contribution is 2.27. The molecule has 0 aliphatic rings. The Hall–Kier alpha value is -4.66. The molecule has 1 atom stereocenters. The third kappa shape index (κ3) is 6.71. The first kappa shape index (κ1) is 29.8. The number of fused-ring (bicyclic) bond motifs is 2. The van der Waals surface area contributed by atoms with Crippen LogP contribution in [0.25, 0.3) is 27.6 Å². The summed E-state index contributed by atoms with van der Waals surface area (Å²) < 4.78 is 13.1. The van der Waals surface area contributed by atoms with Gasteiger partial charge in [0.2, 0.25) is 5.91 Å². The Morgan fingerprint density at radius 1 is 1.00 bits per heavy atom. The Morgan fingerprint density at radius 2 is 1.84 bits per heavy atom. The molecule has 9 heteroatoms. The Labute approximate surface area is 251 Å². The number of hydrogen-bond acceptors (Lipinski definition) is 4. The fourth-order valence-corrected chi connectivity index (χ4v) is 5.70. The number of amides is 1. The van der Waals surface area contributed by atoms with Gasteiger partial charge >= 0.3 is 5.82 Å². The monoisotopic (exact) mass is 583 g/mol. The predicted molar refractivity (Wildman–Crippen MR) is 165 cm³/mol. The number of ether oxygens (including phenoxy) is 2. The quantitative estimate of drug-likeness (QED) is 0.120. The van der Waals surface area contributed by atoms with Crippen molar-refractivity contribution in [2.45, 2.75) is 64.8 Å². The van der Waals surface area contributed by atoms with Gasteiger partial charge < -0.3 is 19.8 Å². The second-order valence-electron chi connectivity index (χ2n) is 10.9. The van der Waals surface area contributed by atoms with Crippen LogP contribution in [-0.4, -0.2) is 35.9 Å².